The molecule has 0 amide bonds. The van der Waals surface area contributed by atoms with Crippen LogP contribution in [0.5, 0.6) is 0 Å². The molecule has 0 saturated heterocycles. The van der Waals surface area contributed by atoms with Gasteiger partial charge in [-0.3, -0.25) is 0 Å². The molecule has 12 aromatic rings. The molecule has 12 rings (SSSR count). The maximum absolute atomic E-state index is 6.59. The Morgan fingerprint density at radius 2 is 0.816 bits per heavy atom. The molecule has 0 aliphatic rings. The number of rotatable bonds is 2. The first-order valence-electron chi connectivity index (χ1n) is 17.0. The molecule has 0 spiro atoms. The third-order valence-electron chi connectivity index (χ3n) is 11.1. The summed E-state index contributed by atoms with van der Waals surface area (Å²) in [5.41, 5.74) is 6.78. The van der Waals surface area contributed by atoms with Gasteiger partial charge < -0.3 is 4.42 Å². The summed E-state index contributed by atoms with van der Waals surface area (Å²) in [6.07, 6.45) is 0. The van der Waals surface area contributed by atoms with E-state index in [1.54, 1.807) is 0 Å². The third kappa shape index (κ3) is 3.34. The Morgan fingerprint density at radius 1 is 0.286 bits per heavy atom. The minimum absolute atomic E-state index is 0.916. The molecular weight excluding hydrogens is 593 g/mol. The highest BCUT2D eigenvalue weighted by Crippen LogP contribution is 2.48. The lowest BCUT2D eigenvalue weighted by atomic mass is 9.85. The highest BCUT2D eigenvalue weighted by atomic mass is 16.3. The van der Waals surface area contributed by atoms with Crippen LogP contribution in [0.3, 0.4) is 0 Å². The average molecular weight is 619 g/mol. The van der Waals surface area contributed by atoms with Crippen LogP contribution in [0.1, 0.15) is 0 Å². The molecule has 0 saturated carbocycles. The van der Waals surface area contributed by atoms with Crippen molar-refractivity contribution in [2.45, 2.75) is 0 Å². The standard InChI is InChI=1S/C48H26O/c1-2-10-41-39(9-1)48-42(49-41)26-34-16-15-33(35-21-17-31-13-11-27-5-3-7-29-18-22-36(35)45(31)43(27)29)25-40(34)47(48)38-24-20-32-14-12-28-6-4-8-30-19-23-37(38)46(32)44(28)30/h1-26H. The monoisotopic (exact) mass is 618 g/mol. The maximum atomic E-state index is 6.59. The van der Waals surface area contributed by atoms with Crippen LogP contribution in [0.15, 0.2) is 162 Å². The van der Waals surface area contributed by atoms with E-state index in [4.69, 9.17) is 4.42 Å². The highest BCUT2D eigenvalue weighted by molar-refractivity contribution is 6.30. The molecule has 0 atom stereocenters. The summed E-state index contributed by atoms with van der Waals surface area (Å²) in [6.45, 7) is 0. The van der Waals surface area contributed by atoms with Crippen molar-refractivity contribution in [3.05, 3.63) is 158 Å². The van der Waals surface area contributed by atoms with Crippen molar-refractivity contribution >= 4 is 97.3 Å². The van der Waals surface area contributed by atoms with E-state index < -0.39 is 0 Å². The number of hydrogen-bond acceptors (Lipinski definition) is 1. The Balaban J connectivity index is 1.23. The topological polar surface area (TPSA) is 13.1 Å². The van der Waals surface area contributed by atoms with Gasteiger partial charge in [-0.15, -0.1) is 0 Å². The molecule has 0 aliphatic carbocycles. The molecule has 1 heterocycles. The highest BCUT2D eigenvalue weighted by Gasteiger charge is 2.21. The van der Waals surface area contributed by atoms with Crippen LogP contribution in [0.4, 0.5) is 0 Å². The van der Waals surface area contributed by atoms with Crippen LogP contribution in [0.25, 0.3) is 120 Å². The van der Waals surface area contributed by atoms with Crippen LogP contribution < -0.4 is 0 Å². The summed E-state index contributed by atoms with van der Waals surface area (Å²) >= 11 is 0. The minimum atomic E-state index is 0.916. The van der Waals surface area contributed by atoms with E-state index in [1.807, 2.05) is 0 Å². The smallest absolute Gasteiger partial charge is 0.136 e. The van der Waals surface area contributed by atoms with E-state index in [0.717, 1.165) is 16.6 Å². The fourth-order valence-corrected chi connectivity index (χ4v) is 8.99. The van der Waals surface area contributed by atoms with E-state index in [2.05, 4.69) is 158 Å². The predicted molar refractivity (Wildman–Crippen MR) is 210 cm³/mol. The first-order chi connectivity index (χ1) is 24.3. The first kappa shape index (κ1) is 25.6. The van der Waals surface area contributed by atoms with Gasteiger partial charge in [-0.05, 0) is 110 Å². The van der Waals surface area contributed by atoms with E-state index in [0.29, 0.717) is 0 Å². The largest absolute Gasteiger partial charge is 0.456 e. The Bertz CT molecular complexity index is 3290. The lowest BCUT2D eigenvalue weighted by molar-refractivity contribution is 0.669. The second-order valence-electron chi connectivity index (χ2n) is 13.6. The van der Waals surface area contributed by atoms with E-state index in [9.17, 15) is 0 Å². The van der Waals surface area contributed by atoms with Gasteiger partial charge in [-0.2, -0.15) is 0 Å². The van der Waals surface area contributed by atoms with Gasteiger partial charge in [0.1, 0.15) is 11.2 Å². The molecular formula is C48H26O. The summed E-state index contributed by atoms with van der Waals surface area (Å²) < 4.78 is 6.59. The molecule has 0 radical (unpaired) electrons. The number of fused-ring (bicyclic) bond motifs is 4. The molecule has 0 aliphatic heterocycles. The van der Waals surface area contributed by atoms with Crippen LogP contribution in [-0.4, -0.2) is 0 Å². The summed E-state index contributed by atoms with van der Waals surface area (Å²) in [5, 5.41) is 20.3. The predicted octanol–water partition coefficient (Wildman–Crippen LogP) is 13.9. The SMILES string of the molecule is c1cc2ccc3ccc(-c4ccc5cc6oc7ccccc7c6c(-c6ccc7ccc8cccc9ccc6c7c89)c5c4)c4ccc(c1)c2c34. The third-order valence-corrected chi connectivity index (χ3v) is 11.1. The van der Waals surface area contributed by atoms with Crippen molar-refractivity contribution in [3.8, 4) is 22.3 Å². The van der Waals surface area contributed by atoms with Crippen molar-refractivity contribution in [3.63, 3.8) is 0 Å². The molecule has 1 heteroatoms. The fourth-order valence-electron chi connectivity index (χ4n) is 8.99. The van der Waals surface area contributed by atoms with Crippen LogP contribution >= 0.6 is 0 Å². The van der Waals surface area contributed by atoms with Gasteiger partial charge in [0, 0.05) is 16.3 Å². The molecule has 0 fully saturated rings. The molecule has 11 aromatic carbocycles. The lowest BCUT2D eigenvalue weighted by Gasteiger charge is -2.17. The first-order valence-corrected chi connectivity index (χ1v) is 17.0. The van der Waals surface area contributed by atoms with Crippen molar-refractivity contribution in [2.24, 2.45) is 0 Å². The zero-order chi connectivity index (χ0) is 31.8. The quantitative estimate of drug-likeness (QED) is 0.176. The van der Waals surface area contributed by atoms with Crippen molar-refractivity contribution in [1.82, 2.24) is 0 Å². The van der Waals surface area contributed by atoms with Gasteiger partial charge >= 0.3 is 0 Å². The maximum Gasteiger partial charge on any atom is 0.136 e. The Labute approximate surface area is 280 Å². The summed E-state index contributed by atoms with van der Waals surface area (Å²) in [7, 11) is 0. The van der Waals surface area contributed by atoms with Gasteiger partial charge in [0.05, 0.1) is 0 Å². The van der Waals surface area contributed by atoms with Crippen LogP contribution in [0, 0.1) is 0 Å². The van der Waals surface area contributed by atoms with Gasteiger partial charge in [0.15, 0.2) is 0 Å². The zero-order valence-electron chi connectivity index (χ0n) is 26.4. The van der Waals surface area contributed by atoms with Crippen LogP contribution in [-0.2, 0) is 0 Å². The van der Waals surface area contributed by atoms with Gasteiger partial charge in [-0.1, -0.05) is 140 Å². The second-order valence-corrected chi connectivity index (χ2v) is 13.6. The molecule has 49 heavy (non-hydrogen) atoms. The van der Waals surface area contributed by atoms with E-state index >= 15 is 0 Å². The van der Waals surface area contributed by atoms with Crippen LogP contribution in [0.2, 0.25) is 0 Å². The fraction of sp³-hybridized carbons (Fsp3) is 0. The molecule has 1 aromatic heterocycles. The summed E-state index contributed by atoms with van der Waals surface area (Å²) in [5.74, 6) is 0. The molecule has 0 unspecified atom stereocenters. The number of benzene rings is 11. The minimum Gasteiger partial charge on any atom is -0.456 e. The van der Waals surface area contributed by atoms with Gasteiger partial charge in [0.25, 0.3) is 0 Å². The Morgan fingerprint density at radius 3 is 1.49 bits per heavy atom. The van der Waals surface area contributed by atoms with Crippen molar-refractivity contribution in [1.29, 1.82) is 0 Å². The lowest BCUT2D eigenvalue weighted by Crippen LogP contribution is -1.91. The molecule has 224 valence electrons. The number of hydrogen-bond donors (Lipinski definition) is 0. The number of furan rings is 1. The van der Waals surface area contributed by atoms with Crippen molar-refractivity contribution < 1.29 is 4.42 Å². The van der Waals surface area contributed by atoms with Crippen molar-refractivity contribution in [2.75, 3.05) is 0 Å². The molecule has 0 bridgehead atoms. The van der Waals surface area contributed by atoms with Gasteiger partial charge in [0.2, 0.25) is 0 Å². The zero-order valence-corrected chi connectivity index (χ0v) is 26.4. The average Bonchev–Trinajstić information content (AvgIpc) is 3.53. The number of para-hydroxylation sites is 1. The van der Waals surface area contributed by atoms with E-state index in [1.165, 1.54) is 103 Å². The normalized spacial score (nSPS) is 12.5. The molecule has 0 N–H and O–H groups in total. The van der Waals surface area contributed by atoms with Gasteiger partial charge in [-0.25, -0.2) is 0 Å². The summed E-state index contributed by atoms with van der Waals surface area (Å²) in [6, 6.07) is 58.5. The second kappa shape index (κ2) is 9.13. The Hall–Kier alpha value is -6.44. The Kier molecular flexibility index (Phi) is 4.77. The molecule has 1 nitrogen and oxygen atoms in total. The van der Waals surface area contributed by atoms with E-state index in [-0.39, 0.29) is 0 Å². The summed E-state index contributed by atoms with van der Waals surface area (Å²) in [4.78, 5) is 0.